The maximum Gasteiger partial charge on any atom is 0.364 e. The molecule has 30 heavy (non-hydrogen) atoms. The van der Waals surface area contributed by atoms with E-state index in [9.17, 15) is 22.6 Å². The van der Waals surface area contributed by atoms with Gasteiger partial charge in [0.15, 0.2) is 10.9 Å². The van der Waals surface area contributed by atoms with Gasteiger partial charge >= 0.3 is 10.3 Å². The highest BCUT2D eigenvalue weighted by molar-refractivity contribution is 7.84. The fourth-order valence-corrected chi connectivity index (χ4v) is 5.18. The molecule has 0 atom stereocenters. The molecule has 0 amide bonds. The Morgan fingerprint density at radius 1 is 0.867 bits per heavy atom. The van der Waals surface area contributed by atoms with Crippen LogP contribution in [0.15, 0.2) is 58.1 Å². The smallest absolute Gasteiger partial charge is 0.354 e. The number of aryl methyl sites for hydroxylation is 2. The van der Waals surface area contributed by atoms with E-state index in [1.807, 2.05) is 0 Å². The number of hydrogen-bond donors (Lipinski definition) is 2. The van der Waals surface area contributed by atoms with E-state index in [1.54, 1.807) is 50.2 Å². The Labute approximate surface area is 170 Å². The number of aromatic nitrogens is 2. The zero-order valence-corrected chi connectivity index (χ0v) is 16.9. The summed E-state index contributed by atoms with van der Waals surface area (Å²) in [5.74, 6) is 0. The molecule has 150 valence electrons. The minimum absolute atomic E-state index is 0.00567. The Balaban J connectivity index is 2.21. The van der Waals surface area contributed by atoms with Crippen LogP contribution in [0.1, 0.15) is 11.1 Å². The van der Waals surface area contributed by atoms with E-state index in [-0.39, 0.29) is 38.0 Å². The fourth-order valence-electron chi connectivity index (χ4n) is 4.31. The molecule has 8 heteroatoms. The van der Waals surface area contributed by atoms with Crippen molar-refractivity contribution < 1.29 is 13.0 Å². The van der Waals surface area contributed by atoms with Gasteiger partial charge in [0.1, 0.15) is 0 Å². The van der Waals surface area contributed by atoms with E-state index in [1.165, 1.54) is 12.1 Å². The molecule has 2 heterocycles. The second-order valence-electron chi connectivity index (χ2n) is 7.36. The zero-order chi connectivity index (χ0) is 21.4. The number of hydrogen-bond acceptors (Lipinski definition) is 4. The van der Waals surface area contributed by atoms with Crippen LogP contribution >= 0.6 is 0 Å². The molecule has 0 unspecified atom stereocenters. The van der Waals surface area contributed by atoms with E-state index >= 15 is 0 Å². The van der Waals surface area contributed by atoms with Crippen molar-refractivity contribution in [2.75, 3.05) is 0 Å². The number of benzene rings is 3. The van der Waals surface area contributed by atoms with Gasteiger partial charge in [0, 0.05) is 16.3 Å². The van der Waals surface area contributed by atoms with Crippen molar-refractivity contribution >= 4 is 53.9 Å². The van der Waals surface area contributed by atoms with Crippen molar-refractivity contribution in [1.82, 2.24) is 8.96 Å². The number of nitrogens with one attached hydrogen (secondary N) is 1. The van der Waals surface area contributed by atoms with Crippen LogP contribution < -0.4 is 10.9 Å². The van der Waals surface area contributed by atoms with Gasteiger partial charge in [0.05, 0.1) is 27.3 Å². The van der Waals surface area contributed by atoms with Crippen molar-refractivity contribution in [3.05, 3.63) is 80.1 Å². The summed E-state index contributed by atoms with van der Waals surface area (Å²) in [7, 11) is -4.77. The number of para-hydroxylation sites is 1. The lowest BCUT2D eigenvalue weighted by molar-refractivity contribution is 0.476. The summed E-state index contributed by atoms with van der Waals surface area (Å²) in [6, 6.07) is 13.2. The van der Waals surface area contributed by atoms with Crippen LogP contribution in [0.3, 0.4) is 0 Å². The average Bonchev–Trinajstić information content (AvgIpc) is 2.68. The molecular weight excluding hydrogens is 404 g/mol. The quantitative estimate of drug-likeness (QED) is 0.319. The summed E-state index contributed by atoms with van der Waals surface area (Å²) >= 11 is 0. The Morgan fingerprint density at radius 3 is 2.30 bits per heavy atom. The molecule has 0 aliphatic rings. The van der Waals surface area contributed by atoms with Gasteiger partial charge in [-0.3, -0.25) is 14.1 Å². The lowest BCUT2D eigenvalue weighted by atomic mass is 9.99. The maximum absolute atomic E-state index is 13.4. The molecule has 0 aliphatic carbocycles. The highest BCUT2D eigenvalue weighted by Gasteiger charge is 2.23. The largest absolute Gasteiger partial charge is 0.364 e. The number of nitrogens with zero attached hydrogens (tertiary/aromatic N) is 1. The van der Waals surface area contributed by atoms with Crippen molar-refractivity contribution in [3.8, 4) is 0 Å². The molecule has 3 aromatic carbocycles. The Hall–Kier alpha value is -3.49. The second kappa shape index (κ2) is 6.01. The normalized spacial score (nSPS) is 12.4. The molecule has 5 aromatic rings. The standard InChI is InChI=1S/C22H16N2O5S/c1-11-6-5-9-17-18(11)22(26)14-10-16-19(12(2)20(14)24(17)30(27,28)29)21(25)13-7-3-4-8-15(13)23-16/h3-10H,1-2H3,(H,23,25)(H,27,28,29). The maximum atomic E-state index is 13.4. The van der Waals surface area contributed by atoms with E-state index < -0.39 is 10.3 Å². The van der Waals surface area contributed by atoms with Crippen molar-refractivity contribution in [3.63, 3.8) is 0 Å². The molecule has 2 aromatic heterocycles. The van der Waals surface area contributed by atoms with E-state index in [0.29, 0.717) is 27.5 Å². The minimum atomic E-state index is -4.77. The van der Waals surface area contributed by atoms with Crippen LogP contribution in [0, 0.1) is 13.8 Å². The molecule has 0 fully saturated rings. The number of aromatic amines is 1. The average molecular weight is 420 g/mol. The lowest BCUT2D eigenvalue weighted by Gasteiger charge is -2.16. The van der Waals surface area contributed by atoms with Crippen molar-refractivity contribution in [2.24, 2.45) is 0 Å². The van der Waals surface area contributed by atoms with Crippen molar-refractivity contribution in [1.29, 1.82) is 0 Å². The molecule has 2 N–H and O–H groups in total. The predicted molar refractivity (Wildman–Crippen MR) is 118 cm³/mol. The van der Waals surface area contributed by atoms with Crippen LogP contribution in [-0.2, 0) is 10.3 Å². The topological polar surface area (TPSA) is 109 Å². The van der Waals surface area contributed by atoms with Crippen molar-refractivity contribution in [2.45, 2.75) is 13.8 Å². The van der Waals surface area contributed by atoms with Crippen LogP contribution in [0.5, 0.6) is 0 Å². The lowest BCUT2D eigenvalue weighted by Crippen LogP contribution is -2.20. The third-order valence-electron chi connectivity index (χ3n) is 5.59. The first-order valence-corrected chi connectivity index (χ1v) is 10.6. The predicted octanol–water partition coefficient (Wildman–Crippen LogP) is 3.42. The first kappa shape index (κ1) is 18.5. The van der Waals surface area contributed by atoms with Gasteiger partial charge in [0.2, 0.25) is 0 Å². The molecule has 0 bridgehead atoms. The first-order valence-electron chi connectivity index (χ1n) is 9.20. The molecule has 0 radical (unpaired) electrons. The summed E-state index contributed by atoms with van der Waals surface area (Å²) in [5.41, 5.74) is 1.34. The number of H-pyrrole nitrogens is 1. The van der Waals surface area contributed by atoms with Gasteiger partial charge in [-0.05, 0) is 49.2 Å². The molecule has 5 rings (SSSR count). The highest BCUT2D eigenvalue weighted by Crippen LogP contribution is 2.29. The van der Waals surface area contributed by atoms with Gasteiger partial charge in [-0.2, -0.15) is 8.42 Å². The monoisotopic (exact) mass is 420 g/mol. The van der Waals surface area contributed by atoms with Gasteiger partial charge in [0.25, 0.3) is 0 Å². The molecule has 0 saturated carbocycles. The minimum Gasteiger partial charge on any atom is -0.354 e. The van der Waals surface area contributed by atoms with Gasteiger partial charge in [-0.15, -0.1) is 0 Å². The Bertz CT molecular complexity index is 1780. The van der Waals surface area contributed by atoms with E-state index in [4.69, 9.17) is 0 Å². The fraction of sp³-hybridized carbons (Fsp3) is 0.0909. The second-order valence-corrected chi connectivity index (χ2v) is 8.62. The molecular formula is C22H16N2O5S. The number of pyridine rings is 2. The van der Waals surface area contributed by atoms with Gasteiger partial charge in [-0.25, -0.2) is 3.97 Å². The SMILES string of the molecule is Cc1cccc2c1c(=O)c1cc3[nH]c4ccccc4c(=O)c3c(C)c1n2S(=O)(=O)O. The van der Waals surface area contributed by atoms with Gasteiger partial charge in [-0.1, -0.05) is 24.3 Å². The molecule has 0 spiro atoms. The van der Waals surface area contributed by atoms with Crippen LogP contribution in [0.2, 0.25) is 0 Å². The Kier molecular flexibility index (Phi) is 3.71. The van der Waals surface area contributed by atoms with Crippen LogP contribution in [0.4, 0.5) is 0 Å². The molecule has 0 saturated heterocycles. The summed E-state index contributed by atoms with van der Waals surface area (Å²) < 4.78 is 35.6. The first-order chi connectivity index (χ1) is 14.2. The number of rotatable bonds is 1. The van der Waals surface area contributed by atoms with E-state index in [0.717, 1.165) is 3.97 Å². The Morgan fingerprint density at radius 2 is 1.57 bits per heavy atom. The highest BCUT2D eigenvalue weighted by atomic mass is 32.2. The van der Waals surface area contributed by atoms with Gasteiger partial charge < -0.3 is 4.98 Å². The summed E-state index contributed by atoms with van der Waals surface area (Å²) in [4.78, 5) is 29.7. The van der Waals surface area contributed by atoms with E-state index in [2.05, 4.69) is 4.98 Å². The summed E-state index contributed by atoms with van der Waals surface area (Å²) in [6.45, 7) is 3.28. The molecule has 0 aliphatic heterocycles. The van der Waals surface area contributed by atoms with Crippen LogP contribution in [-0.4, -0.2) is 21.9 Å². The zero-order valence-electron chi connectivity index (χ0n) is 16.1. The molecule has 7 nitrogen and oxygen atoms in total. The third-order valence-corrected chi connectivity index (χ3v) is 6.43. The summed E-state index contributed by atoms with van der Waals surface area (Å²) in [5, 5.41) is 1.02. The number of fused-ring (bicyclic) bond motifs is 4. The third kappa shape index (κ3) is 2.38. The van der Waals surface area contributed by atoms with Crippen LogP contribution in [0.25, 0.3) is 43.6 Å². The summed E-state index contributed by atoms with van der Waals surface area (Å²) in [6.07, 6.45) is 0.